The van der Waals surface area contributed by atoms with E-state index in [1.165, 1.54) is 22.3 Å². The van der Waals surface area contributed by atoms with Gasteiger partial charge in [0, 0.05) is 17.5 Å². The van der Waals surface area contributed by atoms with Crippen LogP contribution in [0.5, 0.6) is 0 Å². The fourth-order valence-corrected chi connectivity index (χ4v) is 4.11. The second-order valence-corrected chi connectivity index (χ2v) is 7.49. The number of hydrogen-bond donors (Lipinski definition) is 1. The molecule has 1 amide bonds. The fraction of sp³-hybridized carbons (Fsp3) is 0.160. The van der Waals surface area contributed by atoms with E-state index in [4.69, 9.17) is 16.3 Å². The Hall–Kier alpha value is -3.04. The molecule has 0 heterocycles. The third-order valence-electron chi connectivity index (χ3n) is 5.26. The standard InChI is InChI=1S/C25H22ClNO2/c1-17-8-6-14-24(26)18(17)13-7-15-27-25(28)29-16-23-21-11-4-2-9-19(21)20-10-3-5-12-22(20)23/h2-14,23H,15-16H2,1H3,(H,27,28). The van der Waals surface area contributed by atoms with Gasteiger partial charge in [-0.05, 0) is 46.4 Å². The van der Waals surface area contributed by atoms with E-state index in [-0.39, 0.29) is 5.92 Å². The number of ether oxygens (including phenoxy) is 1. The van der Waals surface area contributed by atoms with Crippen molar-refractivity contribution in [3.8, 4) is 11.1 Å². The van der Waals surface area contributed by atoms with Crippen molar-refractivity contribution in [3.63, 3.8) is 0 Å². The Morgan fingerprint density at radius 3 is 2.31 bits per heavy atom. The van der Waals surface area contributed by atoms with Crippen molar-refractivity contribution >= 4 is 23.8 Å². The van der Waals surface area contributed by atoms with Gasteiger partial charge in [-0.15, -0.1) is 0 Å². The van der Waals surface area contributed by atoms with Crippen LogP contribution in [0.2, 0.25) is 5.02 Å². The summed E-state index contributed by atoms with van der Waals surface area (Å²) in [6.45, 7) is 2.69. The average Bonchev–Trinajstić information content (AvgIpc) is 3.05. The molecule has 4 heteroatoms. The van der Waals surface area contributed by atoms with Gasteiger partial charge in [-0.25, -0.2) is 4.79 Å². The summed E-state index contributed by atoms with van der Waals surface area (Å²) in [7, 11) is 0. The molecular weight excluding hydrogens is 382 g/mol. The highest BCUT2D eigenvalue weighted by atomic mass is 35.5. The molecule has 0 fully saturated rings. The van der Waals surface area contributed by atoms with Gasteiger partial charge in [0.15, 0.2) is 0 Å². The number of rotatable bonds is 5. The molecule has 3 aromatic carbocycles. The first-order chi connectivity index (χ1) is 14.1. The van der Waals surface area contributed by atoms with Crippen molar-refractivity contribution in [3.05, 3.63) is 100 Å². The quantitative estimate of drug-likeness (QED) is 0.550. The monoisotopic (exact) mass is 403 g/mol. The number of fused-ring (bicyclic) bond motifs is 3. The van der Waals surface area contributed by atoms with Crippen LogP contribution in [0, 0.1) is 6.92 Å². The maximum Gasteiger partial charge on any atom is 0.407 e. The Labute approximate surface area is 176 Å². The van der Waals surface area contributed by atoms with Crippen molar-refractivity contribution in [1.82, 2.24) is 5.32 Å². The molecule has 1 aliphatic carbocycles. The molecule has 146 valence electrons. The zero-order valence-electron chi connectivity index (χ0n) is 16.2. The van der Waals surface area contributed by atoms with E-state index >= 15 is 0 Å². The molecule has 0 radical (unpaired) electrons. The minimum Gasteiger partial charge on any atom is -0.449 e. The van der Waals surface area contributed by atoms with Crippen molar-refractivity contribution in [2.75, 3.05) is 13.2 Å². The lowest BCUT2D eigenvalue weighted by molar-refractivity contribution is 0.144. The molecule has 0 aliphatic heterocycles. The second-order valence-electron chi connectivity index (χ2n) is 7.08. The van der Waals surface area contributed by atoms with Gasteiger partial charge in [-0.3, -0.25) is 0 Å². The SMILES string of the molecule is Cc1cccc(Cl)c1C=CCNC(=O)OCC1c2ccccc2-c2ccccc21. The highest BCUT2D eigenvalue weighted by molar-refractivity contribution is 6.32. The van der Waals surface area contributed by atoms with Gasteiger partial charge >= 0.3 is 6.09 Å². The maximum absolute atomic E-state index is 12.2. The number of nitrogens with one attached hydrogen (secondary N) is 1. The molecule has 29 heavy (non-hydrogen) atoms. The summed E-state index contributed by atoms with van der Waals surface area (Å²) in [4.78, 5) is 12.2. The predicted molar refractivity (Wildman–Crippen MR) is 118 cm³/mol. The van der Waals surface area contributed by atoms with E-state index in [1.807, 2.05) is 61.5 Å². The summed E-state index contributed by atoms with van der Waals surface area (Å²) in [6.07, 6.45) is 3.37. The lowest BCUT2D eigenvalue weighted by atomic mass is 9.98. The third kappa shape index (κ3) is 4.06. The van der Waals surface area contributed by atoms with Crippen LogP contribution >= 0.6 is 11.6 Å². The molecule has 4 rings (SSSR count). The minimum absolute atomic E-state index is 0.0643. The smallest absolute Gasteiger partial charge is 0.407 e. The van der Waals surface area contributed by atoms with Crippen LogP contribution in [0.3, 0.4) is 0 Å². The van der Waals surface area contributed by atoms with Crippen molar-refractivity contribution in [1.29, 1.82) is 0 Å². The van der Waals surface area contributed by atoms with Crippen molar-refractivity contribution < 1.29 is 9.53 Å². The molecule has 3 aromatic rings. The van der Waals surface area contributed by atoms with Crippen LogP contribution in [-0.2, 0) is 4.74 Å². The van der Waals surface area contributed by atoms with E-state index < -0.39 is 6.09 Å². The number of carbonyl (C=O) groups excluding carboxylic acids is 1. The molecule has 1 aliphatic rings. The number of benzene rings is 3. The Morgan fingerprint density at radius 2 is 1.66 bits per heavy atom. The Morgan fingerprint density at radius 1 is 1.00 bits per heavy atom. The van der Waals surface area contributed by atoms with Gasteiger partial charge < -0.3 is 10.1 Å². The molecule has 0 unspecified atom stereocenters. The second kappa shape index (κ2) is 8.54. The Kier molecular flexibility index (Phi) is 5.68. The van der Waals surface area contributed by atoms with E-state index in [2.05, 4.69) is 29.6 Å². The number of carbonyl (C=O) groups is 1. The normalized spacial score (nSPS) is 12.6. The van der Waals surface area contributed by atoms with Crippen molar-refractivity contribution in [2.45, 2.75) is 12.8 Å². The van der Waals surface area contributed by atoms with Gasteiger partial charge in [-0.1, -0.05) is 84.4 Å². The summed E-state index contributed by atoms with van der Waals surface area (Å²) in [6, 6.07) is 22.4. The number of amides is 1. The molecule has 0 saturated heterocycles. The summed E-state index contributed by atoms with van der Waals surface area (Å²) in [5.74, 6) is 0.0643. The topological polar surface area (TPSA) is 38.3 Å². The first-order valence-corrected chi connectivity index (χ1v) is 10.0. The van der Waals surface area contributed by atoms with Crippen LogP contribution in [-0.4, -0.2) is 19.2 Å². The molecule has 0 spiro atoms. The zero-order valence-corrected chi connectivity index (χ0v) is 16.9. The number of hydrogen-bond acceptors (Lipinski definition) is 2. The number of halogens is 1. The molecule has 0 aromatic heterocycles. The van der Waals surface area contributed by atoms with E-state index in [0.717, 1.165) is 11.1 Å². The zero-order chi connectivity index (χ0) is 20.2. The number of alkyl carbamates (subject to hydrolysis) is 1. The first kappa shape index (κ1) is 19.3. The maximum atomic E-state index is 12.2. The van der Waals surface area contributed by atoms with Gasteiger partial charge in [0.05, 0.1) is 0 Å². The highest BCUT2D eigenvalue weighted by Crippen LogP contribution is 2.44. The summed E-state index contributed by atoms with van der Waals surface area (Å²) in [5, 5.41) is 3.47. The van der Waals surface area contributed by atoms with Gasteiger partial charge in [0.2, 0.25) is 0 Å². The van der Waals surface area contributed by atoms with Crippen LogP contribution in [0.1, 0.15) is 28.2 Å². The van der Waals surface area contributed by atoms with Crippen molar-refractivity contribution in [2.24, 2.45) is 0 Å². The minimum atomic E-state index is -0.424. The lowest BCUT2D eigenvalue weighted by Crippen LogP contribution is -2.26. The lowest BCUT2D eigenvalue weighted by Gasteiger charge is -2.14. The van der Waals surface area contributed by atoms with Crippen LogP contribution in [0.15, 0.2) is 72.8 Å². The molecule has 0 saturated carbocycles. The molecule has 1 N–H and O–H groups in total. The Balaban J connectivity index is 1.35. The van der Waals surface area contributed by atoms with Gasteiger partial charge in [0.25, 0.3) is 0 Å². The first-order valence-electron chi connectivity index (χ1n) is 9.65. The summed E-state index contributed by atoms with van der Waals surface area (Å²) < 4.78 is 5.53. The summed E-state index contributed by atoms with van der Waals surface area (Å²) in [5.41, 5.74) is 6.90. The van der Waals surface area contributed by atoms with Crippen LogP contribution in [0.25, 0.3) is 17.2 Å². The highest BCUT2D eigenvalue weighted by Gasteiger charge is 2.28. The largest absolute Gasteiger partial charge is 0.449 e. The number of aryl methyl sites for hydroxylation is 1. The van der Waals surface area contributed by atoms with Crippen LogP contribution < -0.4 is 5.32 Å². The average molecular weight is 404 g/mol. The van der Waals surface area contributed by atoms with E-state index in [1.54, 1.807) is 0 Å². The van der Waals surface area contributed by atoms with E-state index in [9.17, 15) is 4.79 Å². The molecule has 3 nitrogen and oxygen atoms in total. The summed E-state index contributed by atoms with van der Waals surface area (Å²) >= 11 is 6.21. The van der Waals surface area contributed by atoms with E-state index in [0.29, 0.717) is 18.2 Å². The predicted octanol–water partition coefficient (Wildman–Crippen LogP) is 6.20. The third-order valence-corrected chi connectivity index (χ3v) is 5.59. The Bertz CT molecular complexity index is 1010. The van der Waals surface area contributed by atoms with Gasteiger partial charge in [0.1, 0.15) is 6.61 Å². The molecule has 0 atom stereocenters. The molecule has 0 bridgehead atoms. The fourth-order valence-electron chi connectivity index (χ4n) is 3.82. The molecular formula is C25H22ClNO2. The van der Waals surface area contributed by atoms with Gasteiger partial charge in [-0.2, -0.15) is 0 Å². The van der Waals surface area contributed by atoms with Crippen LogP contribution in [0.4, 0.5) is 4.79 Å².